The minimum absolute atomic E-state index is 0.319. The Bertz CT molecular complexity index is 889. The Morgan fingerprint density at radius 2 is 1.77 bits per heavy atom. The summed E-state index contributed by atoms with van der Waals surface area (Å²) in [6.45, 7) is 1.86. The van der Waals surface area contributed by atoms with Crippen molar-refractivity contribution in [2.75, 3.05) is 0 Å². The van der Waals surface area contributed by atoms with Crippen molar-refractivity contribution < 1.29 is 4.84 Å². The standard InChI is InChI=1S/C20H15Cl2N3O/c1-13-10-18(8-4-15(13)11-23)26-25-20(14-2-5-16(21)6-3-14)19-9-7-17(22)12-24-19/h2-10,12,20,25H,1H3/t20-/m1/s1. The maximum Gasteiger partial charge on any atom is 0.147 e. The van der Waals surface area contributed by atoms with Gasteiger partial charge in [0.2, 0.25) is 0 Å². The zero-order chi connectivity index (χ0) is 18.5. The fourth-order valence-electron chi connectivity index (χ4n) is 2.46. The molecule has 0 radical (unpaired) electrons. The number of nitriles is 1. The molecule has 130 valence electrons. The number of nitrogens with one attached hydrogen (secondary N) is 1. The van der Waals surface area contributed by atoms with Crippen LogP contribution in [0.25, 0.3) is 0 Å². The van der Waals surface area contributed by atoms with Gasteiger partial charge in [-0.2, -0.15) is 5.26 Å². The highest BCUT2D eigenvalue weighted by atomic mass is 35.5. The summed E-state index contributed by atoms with van der Waals surface area (Å²) in [6.07, 6.45) is 1.59. The van der Waals surface area contributed by atoms with Crippen LogP contribution in [0.1, 0.15) is 28.4 Å². The minimum Gasteiger partial charge on any atom is -0.408 e. The van der Waals surface area contributed by atoms with Gasteiger partial charge in [-0.15, -0.1) is 5.48 Å². The number of nitrogens with zero attached hydrogens (tertiary/aromatic N) is 2. The van der Waals surface area contributed by atoms with Crippen LogP contribution in [0.5, 0.6) is 5.75 Å². The lowest BCUT2D eigenvalue weighted by atomic mass is 10.0. The van der Waals surface area contributed by atoms with Crippen LogP contribution in [-0.4, -0.2) is 4.98 Å². The van der Waals surface area contributed by atoms with Crippen molar-refractivity contribution in [3.63, 3.8) is 0 Å². The van der Waals surface area contributed by atoms with E-state index in [0.29, 0.717) is 21.4 Å². The molecule has 4 nitrogen and oxygen atoms in total. The molecular formula is C20H15Cl2N3O. The second-order valence-electron chi connectivity index (χ2n) is 5.69. The molecule has 0 bridgehead atoms. The van der Waals surface area contributed by atoms with Crippen LogP contribution in [0.2, 0.25) is 10.0 Å². The monoisotopic (exact) mass is 383 g/mol. The molecule has 0 saturated heterocycles. The molecular weight excluding hydrogens is 369 g/mol. The Morgan fingerprint density at radius 1 is 1.04 bits per heavy atom. The summed E-state index contributed by atoms with van der Waals surface area (Å²) in [5, 5.41) is 10.2. The van der Waals surface area contributed by atoms with Gasteiger partial charge in [-0.25, -0.2) is 0 Å². The van der Waals surface area contributed by atoms with Gasteiger partial charge in [-0.1, -0.05) is 35.3 Å². The maximum atomic E-state index is 9.03. The van der Waals surface area contributed by atoms with Gasteiger partial charge in [0.1, 0.15) is 11.8 Å². The molecule has 0 saturated carbocycles. The molecule has 6 heteroatoms. The molecule has 0 aliphatic rings. The largest absolute Gasteiger partial charge is 0.408 e. The second kappa shape index (κ2) is 8.20. The molecule has 1 N–H and O–H groups in total. The highest BCUT2D eigenvalue weighted by molar-refractivity contribution is 6.30. The molecule has 26 heavy (non-hydrogen) atoms. The molecule has 0 unspecified atom stereocenters. The summed E-state index contributed by atoms with van der Waals surface area (Å²) >= 11 is 11.9. The molecule has 0 aliphatic heterocycles. The van der Waals surface area contributed by atoms with Crippen molar-refractivity contribution in [1.29, 1.82) is 5.26 Å². The van der Waals surface area contributed by atoms with Crippen LogP contribution in [0.15, 0.2) is 60.8 Å². The summed E-state index contributed by atoms with van der Waals surface area (Å²) in [5.41, 5.74) is 6.20. The van der Waals surface area contributed by atoms with Gasteiger partial charge in [0.15, 0.2) is 0 Å². The zero-order valence-corrected chi connectivity index (χ0v) is 15.4. The number of hydrogen-bond acceptors (Lipinski definition) is 4. The molecule has 1 aromatic heterocycles. The van der Waals surface area contributed by atoms with Gasteiger partial charge in [-0.05, 0) is 60.5 Å². The number of aryl methyl sites for hydroxylation is 1. The highest BCUT2D eigenvalue weighted by Crippen LogP contribution is 2.24. The molecule has 2 aromatic carbocycles. The van der Waals surface area contributed by atoms with Crippen LogP contribution in [0, 0.1) is 18.3 Å². The maximum absolute atomic E-state index is 9.03. The number of hydroxylamine groups is 1. The predicted molar refractivity (Wildman–Crippen MR) is 102 cm³/mol. The van der Waals surface area contributed by atoms with Gasteiger partial charge in [0, 0.05) is 11.2 Å². The Labute approximate surface area is 161 Å². The lowest BCUT2D eigenvalue weighted by Crippen LogP contribution is -2.26. The SMILES string of the molecule is Cc1cc(ON[C@H](c2ccc(Cl)cc2)c2ccc(Cl)cn2)ccc1C#N. The summed E-state index contributed by atoms with van der Waals surface area (Å²) < 4.78 is 0. The lowest BCUT2D eigenvalue weighted by Gasteiger charge is -2.19. The van der Waals surface area contributed by atoms with Crippen LogP contribution in [0.4, 0.5) is 0 Å². The normalized spacial score (nSPS) is 11.6. The van der Waals surface area contributed by atoms with Gasteiger partial charge < -0.3 is 4.84 Å². The fourth-order valence-corrected chi connectivity index (χ4v) is 2.70. The Balaban J connectivity index is 1.86. The Morgan fingerprint density at radius 3 is 2.38 bits per heavy atom. The van der Waals surface area contributed by atoms with E-state index >= 15 is 0 Å². The average molecular weight is 384 g/mol. The summed E-state index contributed by atoms with van der Waals surface area (Å²) in [6, 6.07) is 18.1. The zero-order valence-electron chi connectivity index (χ0n) is 13.9. The third-order valence-corrected chi connectivity index (χ3v) is 4.34. The highest BCUT2D eigenvalue weighted by Gasteiger charge is 2.17. The van der Waals surface area contributed by atoms with E-state index in [4.69, 9.17) is 33.3 Å². The van der Waals surface area contributed by atoms with Crippen LogP contribution in [-0.2, 0) is 0 Å². The van der Waals surface area contributed by atoms with E-state index in [1.807, 2.05) is 37.3 Å². The van der Waals surface area contributed by atoms with E-state index in [1.54, 1.807) is 30.5 Å². The van der Waals surface area contributed by atoms with Crippen molar-refractivity contribution >= 4 is 23.2 Å². The van der Waals surface area contributed by atoms with E-state index in [2.05, 4.69) is 16.5 Å². The van der Waals surface area contributed by atoms with Gasteiger partial charge >= 0.3 is 0 Å². The van der Waals surface area contributed by atoms with E-state index in [0.717, 1.165) is 16.8 Å². The molecule has 1 atom stereocenters. The van der Waals surface area contributed by atoms with E-state index in [9.17, 15) is 0 Å². The first-order valence-corrected chi connectivity index (χ1v) is 8.62. The first-order valence-electron chi connectivity index (χ1n) is 7.87. The smallest absolute Gasteiger partial charge is 0.147 e. The number of aromatic nitrogens is 1. The van der Waals surface area contributed by atoms with Crippen LogP contribution in [0.3, 0.4) is 0 Å². The van der Waals surface area contributed by atoms with E-state index < -0.39 is 0 Å². The Kier molecular flexibility index (Phi) is 5.75. The van der Waals surface area contributed by atoms with E-state index in [-0.39, 0.29) is 6.04 Å². The molecule has 1 heterocycles. The molecule has 0 amide bonds. The number of hydrogen-bond donors (Lipinski definition) is 1. The van der Waals surface area contributed by atoms with Gasteiger partial charge in [0.25, 0.3) is 0 Å². The third kappa shape index (κ3) is 4.33. The van der Waals surface area contributed by atoms with Crippen molar-refractivity contribution in [2.24, 2.45) is 0 Å². The first-order chi connectivity index (χ1) is 12.6. The lowest BCUT2D eigenvalue weighted by molar-refractivity contribution is 0.168. The number of halogens is 2. The topological polar surface area (TPSA) is 57.9 Å². The number of benzene rings is 2. The molecule has 0 aliphatic carbocycles. The molecule has 0 fully saturated rings. The average Bonchev–Trinajstić information content (AvgIpc) is 2.65. The van der Waals surface area contributed by atoms with Crippen molar-refractivity contribution in [3.8, 4) is 11.8 Å². The second-order valence-corrected chi connectivity index (χ2v) is 6.57. The summed E-state index contributed by atoms with van der Waals surface area (Å²) in [7, 11) is 0. The van der Waals surface area contributed by atoms with Gasteiger partial charge in [-0.3, -0.25) is 4.98 Å². The van der Waals surface area contributed by atoms with Gasteiger partial charge in [0.05, 0.1) is 22.3 Å². The number of pyridine rings is 1. The van der Waals surface area contributed by atoms with Crippen molar-refractivity contribution in [1.82, 2.24) is 10.5 Å². The molecule has 3 rings (SSSR count). The summed E-state index contributed by atoms with van der Waals surface area (Å²) in [4.78, 5) is 10.1. The minimum atomic E-state index is -0.319. The first kappa shape index (κ1) is 18.2. The van der Waals surface area contributed by atoms with E-state index in [1.165, 1.54) is 0 Å². The van der Waals surface area contributed by atoms with Crippen LogP contribution < -0.4 is 10.3 Å². The third-order valence-electron chi connectivity index (χ3n) is 3.86. The van der Waals surface area contributed by atoms with Crippen molar-refractivity contribution in [2.45, 2.75) is 13.0 Å². The molecule has 3 aromatic rings. The van der Waals surface area contributed by atoms with Crippen LogP contribution >= 0.6 is 23.2 Å². The number of rotatable bonds is 5. The molecule has 0 spiro atoms. The predicted octanol–water partition coefficient (Wildman–Crippen LogP) is 5.24. The van der Waals surface area contributed by atoms with Crippen molar-refractivity contribution in [3.05, 3.63) is 93.2 Å². The summed E-state index contributed by atoms with van der Waals surface area (Å²) in [5.74, 6) is 0.606. The quantitative estimate of drug-likeness (QED) is 0.611. The fraction of sp³-hybridized carbons (Fsp3) is 0.100. The Hall–Kier alpha value is -2.58.